The predicted molar refractivity (Wildman–Crippen MR) is 76.3 cm³/mol. The van der Waals surface area contributed by atoms with Crippen LogP contribution < -0.4 is 0 Å². The smallest absolute Gasteiger partial charge is 0.234 e. The van der Waals surface area contributed by atoms with Gasteiger partial charge in [-0.15, -0.1) is 21.5 Å². The van der Waals surface area contributed by atoms with E-state index in [-0.39, 0.29) is 11.6 Å². The van der Waals surface area contributed by atoms with Crippen molar-refractivity contribution in [1.29, 1.82) is 0 Å². The van der Waals surface area contributed by atoms with Crippen molar-refractivity contribution in [3.05, 3.63) is 27.9 Å². The van der Waals surface area contributed by atoms with Crippen LogP contribution in [0.2, 0.25) is 0 Å². The second-order valence-corrected chi connectivity index (χ2v) is 8.15. The van der Waals surface area contributed by atoms with Crippen molar-refractivity contribution in [2.45, 2.75) is 44.6 Å². The molecule has 0 amide bonds. The van der Waals surface area contributed by atoms with E-state index >= 15 is 0 Å². The van der Waals surface area contributed by atoms with E-state index in [9.17, 15) is 8.42 Å². The van der Waals surface area contributed by atoms with E-state index in [0.717, 1.165) is 5.01 Å². The van der Waals surface area contributed by atoms with E-state index in [2.05, 4.69) is 15.2 Å². The van der Waals surface area contributed by atoms with Crippen LogP contribution in [0.5, 0.6) is 0 Å². The van der Waals surface area contributed by atoms with Crippen molar-refractivity contribution >= 4 is 21.2 Å². The summed E-state index contributed by atoms with van der Waals surface area (Å²) in [5, 5.41) is 9.34. The molecule has 0 aliphatic carbocycles. The first-order valence-corrected chi connectivity index (χ1v) is 8.85. The molecule has 0 saturated carbocycles. The minimum atomic E-state index is -3.42. The first-order chi connectivity index (χ1) is 9.29. The second-order valence-electron chi connectivity index (χ2n) is 4.94. The SMILES string of the molecule is Cc1nnc([C@H](C)S(=O)(=O)Cc2csc(C(C)C)n2)o1. The molecule has 0 aliphatic heterocycles. The van der Waals surface area contributed by atoms with Gasteiger partial charge in [-0.3, -0.25) is 0 Å². The summed E-state index contributed by atoms with van der Waals surface area (Å²) in [5.41, 5.74) is 0.571. The third kappa shape index (κ3) is 3.24. The standard InChI is InChI=1S/C12H17N3O3S2/c1-7(2)12-13-10(5-19-12)6-20(16,17)8(3)11-15-14-9(4)18-11/h5,7-8H,6H2,1-4H3/t8-/m0/s1. The van der Waals surface area contributed by atoms with Crippen molar-refractivity contribution in [2.75, 3.05) is 0 Å². The predicted octanol–water partition coefficient (Wildman–Crippen LogP) is 2.63. The van der Waals surface area contributed by atoms with Crippen molar-refractivity contribution < 1.29 is 12.8 Å². The van der Waals surface area contributed by atoms with Crippen molar-refractivity contribution in [3.8, 4) is 0 Å². The quantitative estimate of drug-likeness (QED) is 0.843. The van der Waals surface area contributed by atoms with Gasteiger partial charge in [0.25, 0.3) is 0 Å². The lowest BCUT2D eigenvalue weighted by Gasteiger charge is -2.07. The van der Waals surface area contributed by atoms with Gasteiger partial charge in [0.15, 0.2) is 9.84 Å². The largest absolute Gasteiger partial charge is 0.424 e. The lowest BCUT2D eigenvalue weighted by Crippen LogP contribution is -2.13. The molecule has 0 spiro atoms. The van der Waals surface area contributed by atoms with E-state index in [1.165, 1.54) is 11.3 Å². The monoisotopic (exact) mass is 315 g/mol. The molecule has 110 valence electrons. The van der Waals surface area contributed by atoms with E-state index in [1.807, 2.05) is 13.8 Å². The van der Waals surface area contributed by atoms with Crippen LogP contribution in [-0.4, -0.2) is 23.6 Å². The summed E-state index contributed by atoms with van der Waals surface area (Å²) >= 11 is 1.48. The van der Waals surface area contributed by atoms with Gasteiger partial charge in [0, 0.05) is 18.2 Å². The Hall–Kier alpha value is -1.28. The molecule has 0 radical (unpaired) electrons. The number of sulfone groups is 1. The Morgan fingerprint density at radius 2 is 2.00 bits per heavy atom. The minimum Gasteiger partial charge on any atom is -0.424 e. The summed E-state index contributed by atoms with van der Waals surface area (Å²) in [6, 6.07) is 0. The van der Waals surface area contributed by atoms with Gasteiger partial charge in [-0.25, -0.2) is 13.4 Å². The Bertz CT molecular complexity index is 688. The Kier molecular flexibility index (Phi) is 4.24. The van der Waals surface area contributed by atoms with Gasteiger partial charge in [0.1, 0.15) is 5.25 Å². The van der Waals surface area contributed by atoms with Gasteiger partial charge in [-0.05, 0) is 6.92 Å². The number of hydrogen-bond donors (Lipinski definition) is 0. The lowest BCUT2D eigenvalue weighted by molar-refractivity contribution is 0.461. The Morgan fingerprint density at radius 3 is 2.50 bits per heavy atom. The fourth-order valence-electron chi connectivity index (χ4n) is 1.61. The summed E-state index contributed by atoms with van der Waals surface area (Å²) in [4.78, 5) is 4.35. The van der Waals surface area contributed by atoms with Crippen LogP contribution in [0.15, 0.2) is 9.80 Å². The molecule has 0 bridgehead atoms. The fraction of sp³-hybridized carbons (Fsp3) is 0.583. The maximum absolute atomic E-state index is 12.3. The summed E-state index contributed by atoms with van der Waals surface area (Å²) in [5.74, 6) is 0.672. The molecule has 6 nitrogen and oxygen atoms in total. The van der Waals surface area contributed by atoms with Gasteiger partial charge >= 0.3 is 0 Å². The number of nitrogens with zero attached hydrogens (tertiary/aromatic N) is 3. The second kappa shape index (κ2) is 5.61. The fourth-order valence-corrected chi connectivity index (χ4v) is 3.77. The number of hydrogen-bond acceptors (Lipinski definition) is 7. The molecule has 2 heterocycles. The molecule has 0 fully saturated rings. The first-order valence-electron chi connectivity index (χ1n) is 6.25. The highest BCUT2D eigenvalue weighted by Gasteiger charge is 2.28. The Balaban J connectivity index is 2.18. The molecule has 0 aromatic carbocycles. The Labute approximate surface area is 122 Å². The van der Waals surface area contributed by atoms with Gasteiger partial charge in [0.05, 0.1) is 16.5 Å². The topological polar surface area (TPSA) is 86.0 Å². The zero-order chi connectivity index (χ0) is 14.9. The van der Waals surface area contributed by atoms with Crippen LogP contribution in [0.3, 0.4) is 0 Å². The number of rotatable bonds is 5. The molecule has 2 aromatic rings. The molecule has 0 saturated heterocycles. The van der Waals surface area contributed by atoms with Crippen LogP contribution in [0.4, 0.5) is 0 Å². The molecular formula is C12H17N3O3S2. The third-order valence-corrected chi connectivity index (χ3v) is 6.01. The average molecular weight is 315 g/mol. The number of aromatic nitrogens is 3. The van der Waals surface area contributed by atoms with Crippen LogP contribution in [-0.2, 0) is 15.6 Å². The van der Waals surface area contributed by atoms with Crippen LogP contribution in [0.1, 0.15) is 54.4 Å². The summed E-state index contributed by atoms with van der Waals surface area (Å²) in [6.07, 6.45) is 0. The molecule has 0 N–H and O–H groups in total. The lowest BCUT2D eigenvalue weighted by atomic mass is 10.2. The average Bonchev–Trinajstić information content (AvgIpc) is 2.96. The van der Waals surface area contributed by atoms with Crippen LogP contribution in [0.25, 0.3) is 0 Å². The molecular weight excluding hydrogens is 298 g/mol. The third-order valence-electron chi connectivity index (χ3n) is 2.84. The van der Waals surface area contributed by atoms with E-state index < -0.39 is 15.1 Å². The highest BCUT2D eigenvalue weighted by atomic mass is 32.2. The zero-order valence-electron chi connectivity index (χ0n) is 11.8. The number of thiazole rings is 1. The first kappa shape index (κ1) is 15.1. The molecule has 0 aliphatic rings. The Morgan fingerprint density at radius 1 is 1.30 bits per heavy atom. The van der Waals surface area contributed by atoms with E-state index in [1.54, 1.807) is 19.2 Å². The molecule has 2 aromatic heterocycles. The van der Waals surface area contributed by atoms with Gasteiger partial charge < -0.3 is 4.42 Å². The highest BCUT2D eigenvalue weighted by Crippen LogP contribution is 2.26. The van der Waals surface area contributed by atoms with Crippen molar-refractivity contribution in [3.63, 3.8) is 0 Å². The molecule has 2 rings (SSSR count). The molecule has 8 heteroatoms. The number of aryl methyl sites for hydroxylation is 1. The van der Waals surface area contributed by atoms with E-state index in [0.29, 0.717) is 17.5 Å². The minimum absolute atomic E-state index is 0.112. The summed E-state index contributed by atoms with van der Waals surface area (Å²) in [7, 11) is -3.42. The van der Waals surface area contributed by atoms with Crippen molar-refractivity contribution in [1.82, 2.24) is 15.2 Å². The highest BCUT2D eigenvalue weighted by molar-refractivity contribution is 7.90. The van der Waals surface area contributed by atoms with Crippen molar-refractivity contribution in [2.24, 2.45) is 0 Å². The van der Waals surface area contributed by atoms with Crippen LogP contribution >= 0.6 is 11.3 Å². The van der Waals surface area contributed by atoms with Crippen LogP contribution in [0, 0.1) is 6.92 Å². The molecule has 0 unspecified atom stereocenters. The molecule has 1 atom stereocenters. The summed E-state index contributed by atoms with van der Waals surface area (Å²) in [6.45, 7) is 7.24. The maximum Gasteiger partial charge on any atom is 0.234 e. The van der Waals surface area contributed by atoms with E-state index in [4.69, 9.17) is 4.42 Å². The van der Waals surface area contributed by atoms with Gasteiger partial charge in [-0.2, -0.15) is 0 Å². The normalized spacial score (nSPS) is 13.8. The van der Waals surface area contributed by atoms with Gasteiger partial charge in [0.2, 0.25) is 11.8 Å². The summed E-state index contributed by atoms with van der Waals surface area (Å²) < 4.78 is 29.8. The molecule has 20 heavy (non-hydrogen) atoms. The maximum atomic E-state index is 12.3. The van der Waals surface area contributed by atoms with Gasteiger partial charge in [-0.1, -0.05) is 13.8 Å². The zero-order valence-corrected chi connectivity index (χ0v) is 13.5.